The summed E-state index contributed by atoms with van der Waals surface area (Å²) in [6.45, 7) is 0.818. The van der Waals surface area contributed by atoms with Gasteiger partial charge in [0.25, 0.3) is 5.91 Å². The Balaban J connectivity index is 1.50. The summed E-state index contributed by atoms with van der Waals surface area (Å²) in [5.41, 5.74) is 1.37. The van der Waals surface area contributed by atoms with E-state index in [-0.39, 0.29) is 23.4 Å². The number of aromatic nitrogens is 1. The van der Waals surface area contributed by atoms with Crippen molar-refractivity contribution in [1.82, 2.24) is 9.88 Å². The van der Waals surface area contributed by atoms with Crippen LogP contribution in [0.1, 0.15) is 35.3 Å². The van der Waals surface area contributed by atoms with Gasteiger partial charge in [0, 0.05) is 24.9 Å². The number of carboxylic acids is 1. The molecule has 0 spiro atoms. The maximum absolute atomic E-state index is 12.5. The molecule has 1 fully saturated rings. The number of anilines is 1. The normalized spacial score (nSPS) is 14.7. The van der Waals surface area contributed by atoms with Crippen molar-refractivity contribution in [3.63, 3.8) is 0 Å². The Kier molecular flexibility index (Phi) is 6.18. The van der Waals surface area contributed by atoms with Crippen molar-refractivity contribution < 1.29 is 19.5 Å². The molecule has 2 aromatic rings. The Morgan fingerprint density at radius 1 is 1.19 bits per heavy atom. The highest BCUT2D eigenvalue weighted by Gasteiger charge is 2.28. The lowest BCUT2D eigenvalue weighted by Crippen LogP contribution is -2.40. The molecule has 0 saturated carbocycles. The van der Waals surface area contributed by atoms with Gasteiger partial charge in [-0.15, -0.1) is 11.3 Å². The molecule has 7 nitrogen and oxygen atoms in total. The van der Waals surface area contributed by atoms with Gasteiger partial charge in [-0.3, -0.25) is 14.4 Å². The number of nitrogens with zero attached hydrogens (tertiary/aromatic N) is 2. The number of piperidine rings is 1. The number of carboxylic acid groups (broad SMARTS) is 1. The summed E-state index contributed by atoms with van der Waals surface area (Å²) in [6, 6.07) is 9.75. The van der Waals surface area contributed by atoms with Crippen LogP contribution >= 0.6 is 11.3 Å². The van der Waals surface area contributed by atoms with Crippen LogP contribution in [0.4, 0.5) is 5.13 Å². The Morgan fingerprint density at radius 3 is 2.56 bits per heavy atom. The van der Waals surface area contributed by atoms with Gasteiger partial charge < -0.3 is 15.3 Å². The van der Waals surface area contributed by atoms with Crippen LogP contribution in [0.5, 0.6) is 0 Å². The molecule has 8 heteroatoms. The fourth-order valence-electron chi connectivity index (χ4n) is 3.01. The van der Waals surface area contributed by atoms with Crippen molar-refractivity contribution in [3.8, 4) is 0 Å². The molecule has 0 radical (unpaired) electrons. The van der Waals surface area contributed by atoms with Crippen LogP contribution in [0.2, 0.25) is 0 Å². The minimum Gasteiger partial charge on any atom is -0.481 e. The predicted octanol–water partition coefficient (Wildman–Crippen LogP) is 2.65. The van der Waals surface area contributed by atoms with Gasteiger partial charge >= 0.3 is 5.97 Å². The molecule has 0 unspecified atom stereocenters. The van der Waals surface area contributed by atoms with E-state index in [4.69, 9.17) is 5.11 Å². The molecular formula is C19H21N3O4S. The second-order valence-electron chi connectivity index (χ2n) is 6.48. The van der Waals surface area contributed by atoms with Gasteiger partial charge in [0.1, 0.15) is 5.69 Å². The monoisotopic (exact) mass is 387 g/mol. The SMILES string of the molecule is O=C(CCc1ccccc1)Nc1nc(C(=O)N2CCC(C(=O)O)CC2)cs1. The fraction of sp³-hybridized carbons (Fsp3) is 0.368. The molecule has 0 aliphatic carbocycles. The summed E-state index contributed by atoms with van der Waals surface area (Å²) < 4.78 is 0. The number of carbonyl (C=O) groups is 3. The average Bonchev–Trinajstić information content (AvgIpc) is 3.15. The first-order valence-electron chi connectivity index (χ1n) is 8.84. The number of hydrogen-bond acceptors (Lipinski definition) is 5. The Labute approximate surface area is 161 Å². The van der Waals surface area contributed by atoms with E-state index in [2.05, 4.69) is 10.3 Å². The molecule has 2 N–H and O–H groups in total. The molecule has 2 amide bonds. The molecule has 1 aromatic carbocycles. The summed E-state index contributed by atoms with van der Waals surface area (Å²) in [5, 5.41) is 13.8. The van der Waals surface area contributed by atoms with Crippen molar-refractivity contribution in [2.24, 2.45) is 5.92 Å². The molecule has 0 atom stereocenters. The van der Waals surface area contributed by atoms with Gasteiger partial charge in [0.15, 0.2) is 5.13 Å². The lowest BCUT2D eigenvalue weighted by atomic mass is 9.97. The van der Waals surface area contributed by atoms with E-state index < -0.39 is 5.97 Å². The lowest BCUT2D eigenvalue weighted by Gasteiger charge is -2.29. The number of hydrogen-bond donors (Lipinski definition) is 2. The largest absolute Gasteiger partial charge is 0.481 e. The van der Waals surface area contributed by atoms with Crippen LogP contribution in [0.15, 0.2) is 35.7 Å². The van der Waals surface area contributed by atoms with E-state index in [1.165, 1.54) is 11.3 Å². The van der Waals surface area contributed by atoms with E-state index >= 15 is 0 Å². The average molecular weight is 387 g/mol. The highest BCUT2D eigenvalue weighted by atomic mass is 32.1. The molecule has 1 aliphatic rings. The Bertz CT molecular complexity index is 813. The van der Waals surface area contributed by atoms with Crippen molar-refractivity contribution in [3.05, 3.63) is 47.0 Å². The van der Waals surface area contributed by atoms with E-state index in [1.807, 2.05) is 30.3 Å². The maximum atomic E-state index is 12.5. The number of benzene rings is 1. The van der Waals surface area contributed by atoms with E-state index in [0.717, 1.165) is 5.56 Å². The van der Waals surface area contributed by atoms with Gasteiger partial charge in [-0.05, 0) is 24.8 Å². The lowest BCUT2D eigenvalue weighted by molar-refractivity contribution is -0.143. The minimum absolute atomic E-state index is 0.144. The second-order valence-corrected chi connectivity index (χ2v) is 7.33. The number of nitrogens with one attached hydrogen (secondary N) is 1. The zero-order chi connectivity index (χ0) is 19.2. The van der Waals surface area contributed by atoms with Gasteiger partial charge in [-0.25, -0.2) is 4.98 Å². The van der Waals surface area contributed by atoms with Gasteiger partial charge in [0.2, 0.25) is 5.91 Å². The van der Waals surface area contributed by atoms with Crippen molar-refractivity contribution >= 4 is 34.3 Å². The maximum Gasteiger partial charge on any atom is 0.306 e. The van der Waals surface area contributed by atoms with Crippen LogP contribution < -0.4 is 5.32 Å². The third kappa shape index (κ3) is 5.13. The molecular weight excluding hydrogens is 366 g/mol. The van der Waals surface area contributed by atoms with Gasteiger partial charge in [0.05, 0.1) is 5.92 Å². The first-order chi connectivity index (χ1) is 13.0. The zero-order valence-electron chi connectivity index (χ0n) is 14.8. The number of amides is 2. The summed E-state index contributed by atoms with van der Waals surface area (Å²) in [6.07, 6.45) is 1.89. The number of aliphatic carboxylic acids is 1. The molecule has 1 aliphatic heterocycles. The topological polar surface area (TPSA) is 99.6 Å². The fourth-order valence-corrected chi connectivity index (χ4v) is 3.71. The smallest absolute Gasteiger partial charge is 0.306 e. The Hall–Kier alpha value is -2.74. The molecule has 0 bridgehead atoms. The van der Waals surface area contributed by atoms with Crippen molar-refractivity contribution in [2.45, 2.75) is 25.7 Å². The second kappa shape index (κ2) is 8.77. The third-order valence-electron chi connectivity index (χ3n) is 4.58. The summed E-state index contributed by atoms with van der Waals surface area (Å²) in [5.74, 6) is -1.56. The van der Waals surface area contributed by atoms with Crippen LogP contribution in [-0.4, -0.2) is 45.9 Å². The van der Waals surface area contributed by atoms with Crippen LogP contribution in [0.25, 0.3) is 0 Å². The van der Waals surface area contributed by atoms with Crippen LogP contribution in [-0.2, 0) is 16.0 Å². The molecule has 1 aromatic heterocycles. The Morgan fingerprint density at radius 2 is 1.89 bits per heavy atom. The van der Waals surface area contributed by atoms with E-state index in [9.17, 15) is 14.4 Å². The van der Waals surface area contributed by atoms with Gasteiger partial charge in [-0.1, -0.05) is 30.3 Å². The minimum atomic E-state index is -0.809. The highest BCUT2D eigenvalue weighted by molar-refractivity contribution is 7.14. The predicted molar refractivity (Wildman–Crippen MR) is 102 cm³/mol. The van der Waals surface area contributed by atoms with Crippen LogP contribution in [0.3, 0.4) is 0 Å². The molecule has 3 rings (SSSR count). The summed E-state index contributed by atoms with van der Waals surface area (Å²) in [7, 11) is 0. The third-order valence-corrected chi connectivity index (χ3v) is 5.34. The first kappa shape index (κ1) is 19.0. The standard InChI is InChI=1S/C19H21N3O4S/c23-16(7-6-13-4-2-1-3-5-13)21-19-20-15(12-27-19)17(24)22-10-8-14(9-11-22)18(25)26/h1-5,12,14H,6-11H2,(H,25,26)(H,20,21,23). The number of likely N-dealkylation sites (tertiary alicyclic amines) is 1. The molecule has 2 heterocycles. The summed E-state index contributed by atoms with van der Waals surface area (Å²) >= 11 is 1.21. The first-order valence-corrected chi connectivity index (χ1v) is 9.72. The van der Waals surface area contributed by atoms with Crippen LogP contribution in [0, 0.1) is 5.92 Å². The van der Waals surface area contributed by atoms with E-state index in [1.54, 1.807) is 10.3 Å². The number of rotatable bonds is 6. The van der Waals surface area contributed by atoms with Crippen molar-refractivity contribution in [1.29, 1.82) is 0 Å². The highest BCUT2D eigenvalue weighted by Crippen LogP contribution is 2.22. The zero-order valence-corrected chi connectivity index (χ0v) is 15.6. The number of thiazole rings is 1. The van der Waals surface area contributed by atoms with E-state index in [0.29, 0.717) is 43.9 Å². The molecule has 142 valence electrons. The summed E-state index contributed by atoms with van der Waals surface area (Å²) in [4.78, 5) is 41.4. The number of aryl methyl sites for hydroxylation is 1. The van der Waals surface area contributed by atoms with Gasteiger partial charge in [-0.2, -0.15) is 0 Å². The molecule has 1 saturated heterocycles. The quantitative estimate of drug-likeness (QED) is 0.794. The number of carbonyl (C=O) groups excluding carboxylic acids is 2. The van der Waals surface area contributed by atoms with Crippen molar-refractivity contribution in [2.75, 3.05) is 18.4 Å². The molecule has 27 heavy (non-hydrogen) atoms.